The van der Waals surface area contributed by atoms with Gasteiger partial charge in [0.05, 0.1) is 6.42 Å². The Morgan fingerprint density at radius 2 is 2.06 bits per heavy atom. The van der Waals surface area contributed by atoms with Crippen molar-refractivity contribution in [3.05, 3.63) is 35.9 Å². The average molecular weight is 218 g/mol. The first-order chi connectivity index (χ1) is 7.66. The van der Waals surface area contributed by atoms with Gasteiger partial charge in [-0.05, 0) is 11.5 Å². The number of nitrogens with zero attached hydrogens (tertiary/aromatic N) is 1. The highest BCUT2D eigenvalue weighted by atomic mass is 16.2. The fourth-order valence-corrected chi connectivity index (χ4v) is 2.08. The monoisotopic (exact) mass is 218 g/mol. The van der Waals surface area contributed by atoms with E-state index in [1.165, 1.54) is 0 Å². The number of benzene rings is 1. The highest BCUT2D eigenvalue weighted by Crippen LogP contribution is 2.15. The van der Waals surface area contributed by atoms with E-state index in [1.54, 1.807) is 0 Å². The first kappa shape index (κ1) is 11.1. The van der Waals surface area contributed by atoms with Crippen LogP contribution in [0.2, 0.25) is 0 Å². The first-order valence-corrected chi connectivity index (χ1v) is 5.74. The van der Waals surface area contributed by atoms with Crippen LogP contribution in [0.5, 0.6) is 0 Å². The quantitative estimate of drug-likeness (QED) is 0.806. The van der Waals surface area contributed by atoms with Crippen molar-refractivity contribution in [3.63, 3.8) is 0 Å². The molecule has 0 aromatic heterocycles. The smallest absolute Gasteiger partial charge is 0.227 e. The van der Waals surface area contributed by atoms with E-state index in [4.69, 9.17) is 5.73 Å². The lowest BCUT2D eigenvalue weighted by Crippen LogP contribution is -2.33. The summed E-state index contributed by atoms with van der Waals surface area (Å²) in [4.78, 5) is 13.9. The van der Waals surface area contributed by atoms with Crippen molar-refractivity contribution < 1.29 is 4.79 Å². The summed E-state index contributed by atoms with van der Waals surface area (Å²) in [6, 6.07) is 9.98. The Morgan fingerprint density at radius 3 is 2.62 bits per heavy atom. The zero-order valence-electron chi connectivity index (χ0n) is 9.60. The Bertz CT molecular complexity index is 353. The van der Waals surface area contributed by atoms with Gasteiger partial charge in [0.2, 0.25) is 5.91 Å². The molecule has 3 heteroatoms. The number of hydrogen-bond donors (Lipinski definition) is 1. The Balaban J connectivity index is 1.95. The van der Waals surface area contributed by atoms with Crippen LogP contribution < -0.4 is 5.73 Å². The third kappa shape index (κ3) is 2.42. The van der Waals surface area contributed by atoms with Crippen molar-refractivity contribution in [3.8, 4) is 0 Å². The van der Waals surface area contributed by atoms with Crippen LogP contribution in [0.25, 0.3) is 0 Å². The molecule has 0 aliphatic carbocycles. The highest BCUT2D eigenvalue weighted by Gasteiger charge is 2.29. The van der Waals surface area contributed by atoms with Crippen molar-refractivity contribution in [2.45, 2.75) is 19.4 Å². The van der Waals surface area contributed by atoms with Gasteiger partial charge in [-0.15, -0.1) is 0 Å². The second-order valence-electron chi connectivity index (χ2n) is 4.60. The molecule has 1 aliphatic rings. The third-order valence-electron chi connectivity index (χ3n) is 3.22. The number of likely N-dealkylation sites (tertiary alicyclic amines) is 1. The Kier molecular flexibility index (Phi) is 3.25. The van der Waals surface area contributed by atoms with E-state index in [1.807, 2.05) is 35.2 Å². The number of rotatable bonds is 2. The van der Waals surface area contributed by atoms with Crippen LogP contribution in [0, 0.1) is 5.92 Å². The van der Waals surface area contributed by atoms with E-state index in [2.05, 4.69) is 6.92 Å². The maximum atomic E-state index is 12.0. The van der Waals surface area contributed by atoms with Crippen LogP contribution in [-0.2, 0) is 11.2 Å². The van der Waals surface area contributed by atoms with Gasteiger partial charge in [0.1, 0.15) is 0 Å². The topological polar surface area (TPSA) is 46.3 Å². The summed E-state index contributed by atoms with van der Waals surface area (Å²) in [5, 5.41) is 0. The van der Waals surface area contributed by atoms with Gasteiger partial charge in [0.25, 0.3) is 0 Å². The number of hydrogen-bond acceptors (Lipinski definition) is 2. The Morgan fingerprint density at radius 1 is 1.38 bits per heavy atom. The van der Waals surface area contributed by atoms with Crippen LogP contribution in [0.4, 0.5) is 0 Å². The van der Waals surface area contributed by atoms with Crippen LogP contribution in [-0.4, -0.2) is 29.9 Å². The molecular weight excluding hydrogens is 200 g/mol. The normalized spacial score (nSPS) is 24.8. The van der Waals surface area contributed by atoms with Crippen LogP contribution in [0.1, 0.15) is 12.5 Å². The maximum Gasteiger partial charge on any atom is 0.227 e. The van der Waals surface area contributed by atoms with Crippen molar-refractivity contribution in [2.24, 2.45) is 11.7 Å². The molecule has 2 N–H and O–H groups in total. The standard InChI is InChI=1S/C13H18N2O/c1-10-8-15(9-12(10)14)13(16)7-11-5-3-2-4-6-11/h2-6,10,12H,7-9,14H2,1H3. The van der Waals surface area contributed by atoms with Crippen LogP contribution in [0.3, 0.4) is 0 Å². The van der Waals surface area contributed by atoms with Gasteiger partial charge in [-0.25, -0.2) is 0 Å². The minimum absolute atomic E-state index is 0.139. The van der Waals surface area contributed by atoms with E-state index in [-0.39, 0.29) is 11.9 Å². The summed E-state index contributed by atoms with van der Waals surface area (Å²) < 4.78 is 0. The lowest BCUT2D eigenvalue weighted by atomic mass is 10.1. The third-order valence-corrected chi connectivity index (χ3v) is 3.22. The number of amides is 1. The molecule has 86 valence electrons. The molecule has 1 heterocycles. The van der Waals surface area contributed by atoms with Crippen LogP contribution >= 0.6 is 0 Å². The zero-order valence-corrected chi connectivity index (χ0v) is 9.60. The number of nitrogens with two attached hydrogens (primary N) is 1. The summed E-state index contributed by atoms with van der Waals surface area (Å²) in [7, 11) is 0. The van der Waals surface area contributed by atoms with Gasteiger partial charge >= 0.3 is 0 Å². The maximum absolute atomic E-state index is 12.0. The molecule has 2 atom stereocenters. The molecule has 2 unspecified atom stereocenters. The fraction of sp³-hybridized carbons (Fsp3) is 0.462. The molecule has 1 fully saturated rings. The van der Waals surface area contributed by atoms with E-state index in [0.29, 0.717) is 18.9 Å². The van der Waals surface area contributed by atoms with Gasteiger partial charge < -0.3 is 10.6 Å². The van der Waals surface area contributed by atoms with Gasteiger partial charge in [-0.1, -0.05) is 37.3 Å². The van der Waals surface area contributed by atoms with E-state index in [9.17, 15) is 4.79 Å². The predicted molar refractivity (Wildman–Crippen MR) is 63.9 cm³/mol. The van der Waals surface area contributed by atoms with E-state index >= 15 is 0 Å². The molecule has 0 saturated carbocycles. The Labute approximate surface area is 96.2 Å². The van der Waals surface area contributed by atoms with Crippen molar-refractivity contribution >= 4 is 5.91 Å². The van der Waals surface area contributed by atoms with E-state index in [0.717, 1.165) is 12.1 Å². The zero-order chi connectivity index (χ0) is 11.5. The largest absolute Gasteiger partial charge is 0.341 e. The SMILES string of the molecule is CC1CN(C(=O)Cc2ccccc2)CC1N. The molecule has 3 nitrogen and oxygen atoms in total. The van der Waals surface area contributed by atoms with Crippen LogP contribution in [0.15, 0.2) is 30.3 Å². The fourth-order valence-electron chi connectivity index (χ4n) is 2.08. The number of carbonyl (C=O) groups is 1. The van der Waals surface area contributed by atoms with Gasteiger partial charge in [0, 0.05) is 19.1 Å². The minimum atomic E-state index is 0.139. The average Bonchev–Trinajstić information content (AvgIpc) is 2.61. The predicted octanol–water partition coefficient (Wildman–Crippen LogP) is 1.03. The molecular formula is C13H18N2O. The molecule has 16 heavy (non-hydrogen) atoms. The highest BCUT2D eigenvalue weighted by molar-refractivity contribution is 5.79. The minimum Gasteiger partial charge on any atom is -0.341 e. The lowest BCUT2D eigenvalue weighted by Gasteiger charge is -2.15. The molecule has 1 aromatic rings. The summed E-state index contributed by atoms with van der Waals surface area (Å²) in [6.45, 7) is 3.60. The number of carbonyl (C=O) groups excluding carboxylic acids is 1. The molecule has 1 aromatic carbocycles. The molecule has 1 saturated heterocycles. The lowest BCUT2D eigenvalue weighted by molar-refractivity contribution is -0.129. The van der Waals surface area contributed by atoms with Crippen molar-refractivity contribution in [1.29, 1.82) is 0 Å². The van der Waals surface area contributed by atoms with Gasteiger partial charge in [0.15, 0.2) is 0 Å². The summed E-state index contributed by atoms with van der Waals surface area (Å²) in [5.74, 6) is 0.603. The Hall–Kier alpha value is -1.35. The molecule has 1 aliphatic heterocycles. The molecule has 0 spiro atoms. The second-order valence-corrected chi connectivity index (χ2v) is 4.60. The van der Waals surface area contributed by atoms with Crippen molar-refractivity contribution in [1.82, 2.24) is 4.90 Å². The second kappa shape index (κ2) is 4.66. The van der Waals surface area contributed by atoms with E-state index < -0.39 is 0 Å². The van der Waals surface area contributed by atoms with Gasteiger partial charge in [-0.2, -0.15) is 0 Å². The summed E-state index contributed by atoms with van der Waals surface area (Å²) in [6.07, 6.45) is 0.486. The molecule has 0 radical (unpaired) electrons. The molecule has 0 bridgehead atoms. The summed E-state index contributed by atoms with van der Waals surface area (Å²) >= 11 is 0. The summed E-state index contributed by atoms with van der Waals surface area (Å²) in [5.41, 5.74) is 6.98. The molecule has 2 rings (SSSR count). The van der Waals surface area contributed by atoms with Crippen molar-refractivity contribution in [2.75, 3.05) is 13.1 Å². The molecule has 1 amide bonds. The first-order valence-electron chi connectivity index (χ1n) is 5.74. The van der Waals surface area contributed by atoms with Gasteiger partial charge in [-0.3, -0.25) is 4.79 Å².